The van der Waals surface area contributed by atoms with E-state index in [1.165, 1.54) is 0 Å². The zero-order valence-corrected chi connectivity index (χ0v) is 11.9. The van der Waals surface area contributed by atoms with Crippen LogP contribution in [-0.2, 0) is 0 Å². The van der Waals surface area contributed by atoms with E-state index in [1.54, 1.807) is 0 Å². The summed E-state index contributed by atoms with van der Waals surface area (Å²) in [5.41, 5.74) is 7.80. The fraction of sp³-hybridized carbons (Fsp3) is 0.438. The highest BCUT2D eigenvalue weighted by Gasteiger charge is 2.13. The largest absolute Gasteiger partial charge is 0.349 e. The van der Waals surface area contributed by atoms with Gasteiger partial charge in [0.1, 0.15) is 0 Å². The average molecular weight is 258 g/mol. The lowest BCUT2D eigenvalue weighted by atomic mass is 10.0. The van der Waals surface area contributed by atoms with Crippen molar-refractivity contribution in [2.24, 2.45) is 5.73 Å². The van der Waals surface area contributed by atoms with Gasteiger partial charge in [-0.2, -0.15) is 0 Å². The van der Waals surface area contributed by atoms with Gasteiger partial charge in [0.05, 0.1) is 12.1 Å². The zero-order valence-electron chi connectivity index (χ0n) is 11.9. The SMILES string of the molecule is CCC(CC)NC(=O)c1cc(C)ccc1C#CCN. The third-order valence-electron chi connectivity index (χ3n) is 3.07. The second-order valence-corrected chi connectivity index (χ2v) is 4.54. The second-order valence-electron chi connectivity index (χ2n) is 4.54. The van der Waals surface area contributed by atoms with Crippen LogP contribution in [0.5, 0.6) is 0 Å². The second kappa shape index (κ2) is 7.60. The third kappa shape index (κ3) is 4.42. The molecule has 0 atom stereocenters. The van der Waals surface area contributed by atoms with Crippen LogP contribution in [0.1, 0.15) is 48.2 Å². The Labute approximate surface area is 115 Å². The minimum absolute atomic E-state index is 0.0567. The summed E-state index contributed by atoms with van der Waals surface area (Å²) in [5, 5.41) is 3.04. The van der Waals surface area contributed by atoms with Crippen LogP contribution in [0.2, 0.25) is 0 Å². The quantitative estimate of drug-likeness (QED) is 0.814. The number of hydrogen-bond acceptors (Lipinski definition) is 2. The molecule has 1 rings (SSSR count). The molecular formula is C16H22N2O. The molecule has 0 saturated carbocycles. The minimum atomic E-state index is -0.0567. The van der Waals surface area contributed by atoms with Gasteiger partial charge in [0.15, 0.2) is 0 Å². The number of benzene rings is 1. The van der Waals surface area contributed by atoms with Crippen LogP contribution in [0.15, 0.2) is 18.2 Å². The predicted octanol–water partition coefficient (Wildman–Crippen LogP) is 2.22. The normalized spacial score (nSPS) is 9.95. The maximum atomic E-state index is 12.3. The van der Waals surface area contributed by atoms with Crippen molar-refractivity contribution in [1.82, 2.24) is 5.32 Å². The Morgan fingerprint density at radius 2 is 2.05 bits per heavy atom. The standard InChI is InChI=1S/C16H22N2O/c1-4-14(5-2)18-16(19)15-11-12(3)8-9-13(15)7-6-10-17/h8-9,11,14H,4-5,10,17H2,1-3H3,(H,18,19). The number of aryl methyl sites for hydroxylation is 1. The Morgan fingerprint density at radius 1 is 1.37 bits per heavy atom. The van der Waals surface area contributed by atoms with Crippen LogP contribution in [0.3, 0.4) is 0 Å². The molecule has 0 bridgehead atoms. The van der Waals surface area contributed by atoms with E-state index in [-0.39, 0.29) is 11.9 Å². The van der Waals surface area contributed by atoms with Gasteiger partial charge in [-0.1, -0.05) is 37.3 Å². The van der Waals surface area contributed by atoms with Gasteiger partial charge < -0.3 is 11.1 Å². The van der Waals surface area contributed by atoms with E-state index < -0.39 is 0 Å². The van der Waals surface area contributed by atoms with Crippen LogP contribution in [0.25, 0.3) is 0 Å². The lowest BCUT2D eigenvalue weighted by Crippen LogP contribution is -2.34. The fourth-order valence-corrected chi connectivity index (χ4v) is 1.86. The van der Waals surface area contributed by atoms with Gasteiger partial charge in [0.25, 0.3) is 5.91 Å². The molecule has 0 aliphatic rings. The van der Waals surface area contributed by atoms with E-state index in [0.717, 1.165) is 24.0 Å². The highest BCUT2D eigenvalue weighted by Crippen LogP contribution is 2.12. The van der Waals surface area contributed by atoms with E-state index >= 15 is 0 Å². The Morgan fingerprint density at radius 3 is 2.63 bits per heavy atom. The van der Waals surface area contributed by atoms with Gasteiger partial charge in [0.2, 0.25) is 0 Å². The molecular weight excluding hydrogens is 236 g/mol. The summed E-state index contributed by atoms with van der Waals surface area (Å²) in [7, 11) is 0. The van der Waals surface area contributed by atoms with Crippen molar-refractivity contribution in [3.8, 4) is 11.8 Å². The summed E-state index contributed by atoms with van der Waals surface area (Å²) in [6.45, 7) is 6.40. The highest BCUT2D eigenvalue weighted by molar-refractivity contribution is 5.97. The molecule has 19 heavy (non-hydrogen) atoms. The van der Waals surface area contributed by atoms with E-state index in [0.29, 0.717) is 12.1 Å². The molecule has 0 unspecified atom stereocenters. The molecule has 0 aliphatic heterocycles. The van der Waals surface area contributed by atoms with Crippen LogP contribution >= 0.6 is 0 Å². The van der Waals surface area contributed by atoms with Crippen molar-refractivity contribution in [1.29, 1.82) is 0 Å². The first kappa shape index (κ1) is 15.3. The van der Waals surface area contributed by atoms with Crippen molar-refractivity contribution >= 4 is 5.91 Å². The summed E-state index contributed by atoms with van der Waals surface area (Å²) >= 11 is 0. The summed E-state index contributed by atoms with van der Waals surface area (Å²) in [5.74, 6) is 5.70. The topological polar surface area (TPSA) is 55.1 Å². The number of carbonyl (C=O) groups is 1. The molecule has 0 aliphatic carbocycles. The molecule has 1 aromatic carbocycles. The first-order valence-electron chi connectivity index (χ1n) is 6.72. The van der Waals surface area contributed by atoms with E-state index in [1.807, 2.05) is 25.1 Å². The average Bonchev–Trinajstić information content (AvgIpc) is 2.43. The Hall–Kier alpha value is -1.79. The summed E-state index contributed by atoms with van der Waals surface area (Å²) in [6, 6.07) is 5.91. The van der Waals surface area contributed by atoms with Crippen LogP contribution in [0.4, 0.5) is 0 Å². The Bertz CT molecular complexity index is 493. The number of rotatable bonds is 4. The lowest BCUT2D eigenvalue weighted by molar-refractivity contribution is 0.0934. The number of nitrogens with one attached hydrogen (secondary N) is 1. The lowest BCUT2D eigenvalue weighted by Gasteiger charge is -2.15. The van der Waals surface area contributed by atoms with Gasteiger partial charge in [-0.15, -0.1) is 0 Å². The molecule has 0 spiro atoms. The van der Waals surface area contributed by atoms with E-state index in [2.05, 4.69) is 31.0 Å². The minimum Gasteiger partial charge on any atom is -0.349 e. The van der Waals surface area contributed by atoms with E-state index in [4.69, 9.17) is 5.73 Å². The van der Waals surface area contributed by atoms with Crippen LogP contribution in [0, 0.1) is 18.8 Å². The third-order valence-corrected chi connectivity index (χ3v) is 3.07. The molecule has 1 amide bonds. The first-order chi connectivity index (χ1) is 9.12. The monoisotopic (exact) mass is 258 g/mol. The molecule has 0 radical (unpaired) electrons. The number of nitrogens with two attached hydrogens (primary N) is 1. The van der Waals surface area contributed by atoms with Gasteiger partial charge in [0, 0.05) is 11.6 Å². The number of carbonyl (C=O) groups excluding carboxylic acids is 1. The predicted molar refractivity (Wildman–Crippen MR) is 78.9 cm³/mol. The molecule has 102 valence electrons. The molecule has 3 N–H and O–H groups in total. The van der Waals surface area contributed by atoms with E-state index in [9.17, 15) is 4.79 Å². The van der Waals surface area contributed by atoms with Crippen molar-refractivity contribution in [2.75, 3.05) is 6.54 Å². The summed E-state index contributed by atoms with van der Waals surface area (Å²) in [4.78, 5) is 12.3. The summed E-state index contributed by atoms with van der Waals surface area (Å²) < 4.78 is 0. The van der Waals surface area contributed by atoms with Crippen LogP contribution < -0.4 is 11.1 Å². The van der Waals surface area contributed by atoms with Crippen molar-refractivity contribution in [3.63, 3.8) is 0 Å². The van der Waals surface area contributed by atoms with Gasteiger partial charge in [-0.3, -0.25) is 4.79 Å². The van der Waals surface area contributed by atoms with Crippen molar-refractivity contribution in [2.45, 2.75) is 39.7 Å². The fourth-order valence-electron chi connectivity index (χ4n) is 1.86. The first-order valence-corrected chi connectivity index (χ1v) is 6.72. The number of hydrogen-bond donors (Lipinski definition) is 2. The Kier molecular flexibility index (Phi) is 6.11. The molecule has 1 aromatic rings. The maximum absolute atomic E-state index is 12.3. The molecule has 3 nitrogen and oxygen atoms in total. The zero-order chi connectivity index (χ0) is 14.3. The summed E-state index contributed by atoms with van der Waals surface area (Å²) in [6.07, 6.45) is 1.86. The maximum Gasteiger partial charge on any atom is 0.252 e. The molecule has 0 aromatic heterocycles. The highest BCUT2D eigenvalue weighted by atomic mass is 16.1. The van der Waals surface area contributed by atoms with Crippen LogP contribution in [-0.4, -0.2) is 18.5 Å². The Balaban J connectivity index is 3.03. The smallest absolute Gasteiger partial charge is 0.252 e. The van der Waals surface area contributed by atoms with Gasteiger partial charge in [-0.25, -0.2) is 0 Å². The van der Waals surface area contributed by atoms with Gasteiger partial charge >= 0.3 is 0 Å². The van der Waals surface area contributed by atoms with Gasteiger partial charge in [-0.05, 0) is 31.9 Å². The molecule has 0 saturated heterocycles. The number of amides is 1. The molecule has 3 heteroatoms. The van der Waals surface area contributed by atoms with Crippen molar-refractivity contribution < 1.29 is 4.79 Å². The molecule has 0 fully saturated rings. The van der Waals surface area contributed by atoms with Crippen molar-refractivity contribution in [3.05, 3.63) is 34.9 Å². The molecule has 0 heterocycles.